The fourth-order valence-electron chi connectivity index (χ4n) is 4.93. The van der Waals surface area contributed by atoms with E-state index in [2.05, 4.69) is 15.3 Å². The Morgan fingerprint density at radius 2 is 1.82 bits per heavy atom. The molecule has 2 amide bonds. The number of hydrogen-bond acceptors (Lipinski definition) is 6. The minimum Gasteiger partial charge on any atom is -0.497 e. The lowest BCUT2D eigenvalue weighted by molar-refractivity contribution is -0.131. The first kappa shape index (κ1) is 23.3. The number of carbonyl (C=O) groups excluding carboxylic acids is 2. The summed E-state index contributed by atoms with van der Waals surface area (Å²) in [6.07, 6.45) is 1.89. The van der Waals surface area contributed by atoms with Gasteiger partial charge in [0.2, 0.25) is 5.91 Å². The molecule has 2 fully saturated rings. The number of rotatable bonds is 5. The second kappa shape index (κ2) is 9.93. The van der Waals surface area contributed by atoms with Crippen LogP contribution in [-0.2, 0) is 11.8 Å². The molecule has 9 nitrogen and oxygen atoms in total. The van der Waals surface area contributed by atoms with Crippen molar-refractivity contribution in [1.82, 2.24) is 24.9 Å². The van der Waals surface area contributed by atoms with E-state index in [1.165, 1.54) is 0 Å². The molecule has 0 bridgehead atoms. The maximum atomic E-state index is 13.0. The number of piperazine rings is 1. The van der Waals surface area contributed by atoms with Crippen LogP contribution in [-0.4, -0.2) is 88.0 Å². The Morgan fingerprint density at radius 1 is 1.12 bits per heavy atom. The largest absolute Gasteiger partial charge is 0.497 e. The van der Waals surface area contributed by atoms with E-state index in [9.17, 15) is 14.7 Å². The van der Waals surface area contributed by atoms with Gasteiger partial charge in [-0.15, -0.1) is 0 Å². The molecule has 0 spiro atoms. The molecule has 2 aliphatic rings. The Labute approximate surface area is 194 Å². The van der Waals surface area contributed by atoms with Crippen molar-refractivity contribution in [3.05, 3.63) is 36.0 Å². The molecule has 4 rings (SSSR count). The molecule has 178 valence electrons. The molecule has 9 heteroatoms. The molecule has 1 aliphatic heterocycles. The number of carbonyl (C=O) groups is 2. The van der Waals surface area contributed by atoms with Crippen molar-refractivity contribution in [3.63, 3.8) is 0 Å². The van der Waals surface area contributed by atoms with E-state index < -0.39 is 6.10 Å². The highest BCUT2D eigenvalue weighted by Gasteiger charge is 2.37. The molecule has 1 aliphatic carbocycles. The van der Waals surface area contributed by atoms with Crippen molar-refractivity contribution in [1.29, 1.82) is 0 Å². The Morgan fingerprint density at radius 3 is 2.45 bits per heavy atom. The molecular weight excluding hydrogens is 422 g/mol. The summed E-state index contributed by atoms with van der Waals surface area (Å²) in [5, 5.41) is 18.5. The third kappa shape index (κ3) is 5.04. The molecule has 2 N–H and O–H groups in total. The molecule has 1 aromatic carbocycles. The lowest BCUT2D eigenvalue weighted by Gasteiger charge is -2.44. The summed E-state index contributed by atoms with van der Waals surface area (Å²) in [7, 11) is 3.43. The Kier molecular flexibility index (Phi) is 6.99. The van der Waals surface area contributed by atoms with Crippen LogP contribution in [0, 0.1) is 0 Å². The topological polar surface area (TPSA) is 99.9 Å². The summed E-state index contributed by atoms with van der Waals surface area (Å²) in [6, 6.07) is 9.03. The number of amides is 2. The average molecular weight is 456 g/mol. The summed E-state index contributed by atoms with van der Waals surface area (Å²) in [4.78, 5) is 28.7. The standard InChI is InChI=1S/C24H33N5O4/c1-16(30)28-11-13-29(14-12-28)21-6-4-5-19(23(21)31)25-24(32)20-15-22(27(2)26-20)17-7-9-18(33-3)10-8-17/h7-10,15,19,21,23,31H,4-6,11-14H2,1-3H3,(H,25,32)/t19-,21-,23-/m1/s1. The number of aliphatic hydroxyl groups is 1. The van der Waals surface area contributed by atoms with Crippen LogP contribution in [0.3, 0.4) is 0 Å². The second-order valence-electron chi connectivity index (χ2n) is 8.88. The first-order valence-corrected chi connectivity index (χ1v) is 11.5. The minimum absolute atomic E-state index is 0.0169. The monoisotopic (exact) mass is 455 g/mol. The van der Waals surface area contributed by atoms with Gasteiger partial charge in [0.05, 0.1) is 24.9 Å². The van der Waals surface area contributed by atoms with Crippen molar-refractivity contribution in [3.8, 4) is 17.0 Å². The predicted molar refractivity (Wildman–Crippen MR) is 124 cm³/mol. The first-order valence-electron chi connectivity index (χ1n) is 11.5. The summed E-state index contributed by atoms with van der Waals surface area (Å²) >= 11 is 0. The van der Waals surface area contributed by atoms with Crippen LogP contribution < -0.4 is 10.1 Å². The second-order valence-corrected chi connectivity index (χ2v) is 8.88. The first-order chi connectivity index (χ1) is 15.9. The summed E-state index contributed by atoms with van der Waals surface area (Å²) < 4.78 is 6.90. The SMILES string of the molecule is COc1ccc(-c2cc(C(=O)N[C@@H]3CCC[C@@H](N4CCN(C(C)=O)CC4)[C@@H]3O)nn2C)cc1. The van der Waals surface area contributed by atoms with Crippen LogP contribution in [0.2, 0.25) is 0 Å². The van der Waals surface area contributed by atoms with Gasteiger partial charge in [-0.1, -0.05) is 0 Å². The van der Waals surface area contributed by atoms with Crippen LogP contribution in [0.5, 0.6) is 5.75 Å². The van der Waals surface area contributed by atoms with E-state index in [0.29, 0.717) is 18.8 Å². The van der Waals surface area contributed by atoms with Gasteiger partial charge in [0.15, 0.2) is 5.69 Å². The molecule has 1 saturated heterocycles. The minimum atomic E-state index is -0.656. The van der Waals surface area contributed by atoms with E-state index in [-0.39, 0.29) is 23.9 Å². The zero-order valence-corrected chi connectivity index (χ0v) is 19.5. The van der Waals surface area contributed by atoms with Crippen molar-refractivity contribution in [2.75, 3.05) is 33.3 Å². The smallest absolute Gasteiger partial charge is 0.272 e. The quantitative estimate of drug-likeness (QED) is 0.705. The Bertz CT molecular complexity index is 981. The molecule has 1 saturated carbocycles. The molecular formula is C24H33N5O4. The van der Waals surface area contributed by atoms with E-state index in [4.69, 9.17) is 4.74 Å². The van der Waals surface area contributed by atoms with Crippen LogP contribution >= 0.6 is 0 Å². The Hall–Kier alpha value is -2.91. The summed E-state index contributed by atoms with van der Waals surface area (Å²) in [5.74, 6) is 0.576. The number of hydrogen-bond donors (Lipinski definition) is 2. The van der Waals surface area contributed by atoms with E-state index >= 15 is 0 Å². The number of benzene rings is 1. The van der Waals surface area contributed by atoms with Crippen LogP contribution in [0.1, 0.15) is 36.7 Å². The van der Waals surface area contributed by atoms with Gasteiger partial charge < -0.3 is 20.1 Å². The van der Waals surface area contributed by atoms with E-state index in [1.807, 2.05) is 36.2 Å². The number of methoxy groups -OCH3 is 1. The summed E-state index contributed by atoms with van der Waals surface area (Å²) in [5.41, 5.74) is 2.09. The number of aromatic nitrogens is 2. The van der Waals surface area contributed by atoms with E-state index in [1.54, 1.807) is 24.8 Å². The van der Waals surface area contributed by atoms with Crippen molar-refractivity contribution < 1.29 is 19.4 Å². The number of nitrogens with one attached hydrogen (secondary N) is 1. The van der Waals surface area contributed by atoms with Gasteiger partial charge in [-0.05, 0) is 49.6 Å². The number of aliphatic hydroxyl groups excluding tert-OH is 1. The molecule has 0 unspecified atom stereocenters. The molecule has 2 heterocycles. The third-order valence-corrected chi connectivity index (χ3v) is 6.86. The van der Waals surface area contributed by atoms with Gasteiger partial charge >= 0.3 is 0 Å². The van der Waals surface area contributed by atoms with Gasteiger partial charge in [-0.2, -0.15) is 5.10 Å². The highest BCUT2D eigenvalue weighted by molar-refractivity contribution is 5.93. The molecule has 33 heavy (non-hydrogen) atoms. The maximum Gasteiger partial charge on any atom is 0.272 e. The number of aryl methyl sites for hydroxylation is 1. The van der Waals surface area contributed by atoms with Gasteiger partial charge in [-0.3, -0.25) is 19.2 Å². The third-order valence-electron chi connectivity index (χ3n) is 6.86. The molecule has 3 atom stereocenters. The molecule has 0 radical (unpaired) electrons. The number of nitrogens with zero attached hydrogens (tertiary/aromatic N) is 4. The van der Waals surface area contributed by atoms with Gasteiger partial charge in [-0.25, -0.2) is 0 Å². The van der Waals surface area contributed by atoms with Crippen molar-refractivity contribution in [2.24, 2.45) is 7.05 Å². The highest BCUT2D eigenvalue weighted by atomic mass is 16.5. The molecule has 1 aromatic heterocycles. The van der Waals surface area contributed by atoms with Crippen LogP contribution in [0.25, 0.3) is 11.3 Å². The summed E-state index contributed by atoms with van der Waals surface area (Å²) in [6.45, 7) is 4.44. The highest BCUT2D eigenvalue weighted by Crippen LogP contribution is 2.26. The normalized spacial score (nSPS) is 23.9. The predicted octanol–water partition coefficient (Wildman–Crippen LogP) is 1.27. The molecule has 2 aromatic rings. The average Bonchev–Trinajstić information content (AvgIpc) is 3.22. The number of ether oxygens (including phenoxy) is 1. The van der Waals surface area contributed by atoms with Crippen LogP contribution in [0.15, 0.2) is 30.3 Å². The van der Waals surface area contributed by atoms with Crippen molar-refractivity contribution >= 4 is 11.8 Å². The van der Waals surface area contributed by atoms with Gasteiger partial charge in [0.25, 0.3) is 5.91 Å². The fraction of sp³-hybridized carbons (Fsp3) is 0.542. The fourth-order valence-corrected chi connectivity index (χ4v) is 4.93. The zero-order chi connectivity index (χ0) is 23.5. The lowest BCUT2D eigenvalue weighted by Crippen LogP contribution is -2.60. The van der Waals surface area contributed by atoms with Crippen LogP contribution in [0.4, 0.5) is 0 Å². The van der Waals surface area contributed by atoms with Gasteiger partial charge in [0, 0.05) is 51.8 Å². The van der Waals surface area contributed by atoms with E-state index in [0.717, 1.165) is 49.4 Å². The van der Waals surface area contributed by atoms with Gasteiger partial charge in [0.1, 0.15) is 5.75 Å². The maximum absolute atomic E-state index is 13.0. The Balaban J connectivity index is 1.40. The van der Waals surface area contributed by atoms with Crippen molar-refractivity contribution in [2.45, 2.75) is 44.4 Å². The lowest BCUT2D eigenvalue weighted by atomic mass is 9.86. The zero-order valence-electron chi connectivity index (χ0n) is 19.5.